The zero-order chi connectivity index (χ0) is 38.9. The van der Waals surface area contributed by atoms with Crippen molar-refractivity contribution in [2.24, 2.45) is 0 Å². The highest BCUT2D eigenvalue weighted by Gasteiger charge is 2.52. The van der Waals surface area contributed by atoms with Crippen molar-refractivity contribution in [2.45, 2.75) is 57.7 Å². The smallest absolute Gasteiger partial charge is 0.417 e. The van der Waals surface area contributed by atoms with E-state index in [1.54, 1.807) is 6.07 Å². The number of ether oxygens (including phenoxy) is 3. The van der Waals surface area contributed by atoms with Crippen molar-refractivity contribution in [3.63, 3.8) is 0 Å². The molecule has 1 atom stereocenters. The summed E-state index contributed by atoms with van der Waals surface area (Å²) >= 11 is 0. The minimum absolute atomic E-state index is 0.000737. The summed E-state index contributed by atoms with van der Waals surface area (Å²) in [6.07, 6.45) is -3.38. The van der Waals surface area contributed by atoms with Crippen molar-refractivity contribution in [3.8, 4) is 11.8 Å². The molecule has 1 aromatic heterocycles. The minimum atomic E-state index is -4.89. The van der Waals surface area contributed by atoms with Crippen molar-refractivity contribution in [2.75, 3.05) is 31.3 Å². The van der Waals surface area contributed by atoms with E-state index in [4.69, 9.17) is 19.5 Å². The molecule has 20 heteroatoms. The number of carbonyl (C=O) groups excluding carboxylic acids is 6. The Morgan fingerprint density at radius 2 is 1.74 bits per heavy atom. The van der Waals surface area contributed by atoms with Crippen LogP contribution in [0.4, 0.5) is 23.7 Å². The molecule has 3 aliphatic heterocycles. The summed E-state index contributed by atoms with van der Waals surface area (Å²) in [6.45, 7) is 3.02. The van der Waals surface area contributed by atoms with E-state index in [-0.39, 0.29) is 75.1 Å². The van der Waals surface area contributed by atoms with Gasteiger partial charge < -0.3 is 14.2 Å². The van der Waals surface area contributed by atoms with Crippen LogP contribution in [0, 0.1) is 11.3 Å². The second-order valence-electron chi connectivity index (χ2n) is 12.8. The van der Waals surface area contributed by atoms with Gasteiger partial charge in [-0.15, -0.1) is 5.10 Å². The normalized spacial score (nSPS) is 18.4. The Morgan fingerprint density at radius 1 is 1.00 bits per heavy atom. The zero-order valence-electron chi connectivity index (χ0n) is 28.7. The predicted molar refractivity (Wildman–Crippen MR) is 174 cm³/mol. The summed E-state index contributed by atoms with van der Waals surface area (Å²) in [6, 6.07) is 6.60. The summed E-state index contributed by atoms with van der Waals surface area (Å²) in [5, 5.41) is 19.2. The molecule has 6 rings (SSSR count). The lowest BCUT2D eigenvalue weighted by Gasteiger charge is -2.27. The lowest BCUT2D eigenvalue weighted by molar-refractivity contribution is -0.138. The van der Waals surface area contributed by atoms with Crippen molar-refractivity contribution in [1.82, 2.24) is 30.1 Å². The van der Waals surface area contributed by atoms with Gasteiger partial charge in [0, 0.05) is 6.42 Å². The van der Waals surface area contributed by atoms with Crippen LogP contribution in [0.15, 0.2) is 42.6 Å². The third-order valence-electron chi connectivity index (χ3n) is 8.92. The monoisotopic (exact) mass is 752 g/mol. The molecular weight excluding hydrogens is 721 g/mol. The van der Waals surface area contributed by atoms with E-state index in [9.17, 15) is 41.9 Å². The van der Waals surface area contributed by atoms with Crippen LogP contribution < -0.4 is 15.0 Å². The second-order valence-corrected chi connectivity index (χ2v) is 12.8. The molecular formula is C34H31F3N8O9. The van der Waals surface area contributed by atoms with Crippen LogP contribution >= 0.6 is 0 Å². The molecule has 2 fully saturated rings. The Balaban J connectivity index is 0.954. The fourth-order valence-electron chi connectivity index (χ4n) is 6.13. The van der Waals surface area contributed by atoms with E-state index in [0.29, 0.717) is 16.7 Å². The van der Waals surface area contributed by atoms with E-state index in [0.717, 1.165) is 21.9 Å². The molecule has 1 N–H and O–H groups in total. The SMILES string of the molecule is CC1(C)C(=O)N(c2ccc(C#N)c(C(F)(F)F)c2)C(=O)N1Cn1cc(COCCOCCOc2cccc3c2C(=O)N(C2CCC(=O)NC2=O)C3=O)nn1. The molecule has 7 amide bonds. The summed E-state index contributed by atoms with van der Waals surface area (Å²) in [7, 11) is 0. The first-order valence-electron chi connectivity index (χ1n) is 16.4. The number of urea groups is 1. The van der Waals surface area contributed by atoms with Crippen LogP contribution in [-0.4, -0.2) is 98.4 Å². The number of piperidine rings is 1. The highest BCUT2D eigenvalue weighted by atomic mass is 19.4. The number of nitriles is 1. The van der Waals surface area contributed by atoms with Gasteiger partial charge in [0.15, 0.2) is 0 Å². The zero-order valence-corrected chi connectivity index (χ0v) is 28.7. The van der Waals surface area contributed by atoms with Gasteiger partial charge in [-0.2, -0.15) is 18.4 Å². The molecule has 17 nitrogen and oxygen atoms in total. The third kappa shape index (κ3) is 7.10. The van der Waals surface area contributed by atoms with E-state index >= 15 is 0 Å². The number of hydrogen-bond acceptors (Lipinski definition) is 12. The highest BCUT2D eigenvalue weighted by Crippen LogP contribution is 2.38. The van der Waals surface area contributed by atoms with Crippen molar-refractivity contribution < 1.29 is 56.1 Å². The van der Waals surface area contributed by atoms with Gasteiger partial charge in [-0.3, -0.25) is 39.1 Å². The van der Waals surface area contributed by atoms with Crippen LogP contribution in [0.5, 0.6) is 5.75 Å². The van der Waals surface area contributed by atoms with E-state index in [2.05, 4.69) is 15.6 Å². The van der Waals surface area contributed by atoms with E-state index < -0.39 is 64.5 Å². The lowest BCUT2D eigenvalue weighted by Crippen LogP contribution is -2.54. The number of hydrogen-bond donors (Lipinski definition) is 1. The molecule has 0 saturated carbocycles. The van der Waals surface area contributed by atoms with Gasteiger partial charge in [-0.05, 0) is 50.6 Å². The van der Waals surface area contributed by atoms with Crippen molar-refractivity contribution >= 4 is 41.3 Å². The molecule has 0 bridgehead atoms. The first kappa shape index (κ1) is 37.6. The van der Waals surface area contributed by atoms with Crippen LogP contribution in [0.25, 0.3) is 0 Å². The van der Waals surface area contributed by atoms with Gasteiger partial charge in [-0.25, -0.2) is 14.4 Å². The number of nitrogens with one attached hydrogen (secondary N) is 1. The minimum Gasteiger partial charge on any atom is -0.490 e. The van der Waals surface area contributed by atoms with Gasteiger partial charge in [0.05, 0.1) is 66.6 Å². The average molecular weight is 753 g/mol. The first-order chi connectivity index (χ1) is 25.6. The number of aromatic nitrogens is 3. The molecule has 2 aromatic carbocycles. The van der Waals surface area contributed by atoms with Crippen LogP contribution in [-0.2, 0) is 43.3 Å². The van der Waals surface area contributed by atoms with E-state index in [1.807, 2.05) is 0 Å². The summed E-state index contributed by atoms with van der Waals surface area (Å²) in [5.74, 6) is -3.15. The van der Waals surface area contributed by atoms with Crippen molar-refractivity contribution in [1.29, 1.82) is 5.26 Å². The number of alkyl halides is 3. The quantitative estimate of drug-likeness (QED) is 0.152. The largest absolute Gasteiger partial charge is 0.490 e. The molecule has 4 heterocycles. The molecule has 1 unspecified atom stereocenters. The number of benzene rings is 2. The first-order valence-corrected chi connectivity index (χ1v) is 16.4. The molecule has 3 aliphatic rings. The fourth-order valence-corrected chi connectivity index (χ4v) is 6.13. The number of fused-ring (bicyclic) bond motifs is 1. The summed E-state index contributed by atoms with van der Waals surface area (Å²) in [5.41, 5.74) is -3.23. The van der Waals surface area contributed by atoms with Crippen LogP contribution in [0.2, 0.25) is 0 Å². The Kier molecular flexibility index (Phi) is 10.2. The van der Waals surface area contributed by atoms with Crippen LogP contribution in [0.3, 0.4) is 0 Å². The number of amides is 7. The van der Waals surface area contributed by atoms with Gasteiger partial charge in [0.25, 0.3) is 17.7 Å². The number of anilines is 1. The Bertz CT molecular complexity index is 2090. The number of rotatable bonds is 13. The maximum Gasteiger partial charge on any atom is 0.417 e. The Hall–Kier alpha value is -6.20. The van der Waals surface area contributed by atoms with Crippen molar-refractivity contribution in [3.05, 3.63) is 70.5 Å². The molecule has 2 saturated heterocycles. The highest BCUT2D eigenvalue weighted by molar-refractivity contribution is 6.25. The predicted octanol–water partition coefficient (Wildman–Crippen LogP) is 2.39. The number of carbonyl (C=O) groups is 6. The molecule has 282 valence electrons. The molecule has 3 aromatic rings. The Labute approximate surface area is 304 Å². The molecule has 54 heavy (non-hydrogen) atoms. The lowest BCUT2D eigenvalue weighted by atomic mass is 10.0. The average Bonchev–Trinajstić information content (AvgIpc) is 3.73. The standard InChI is InChI=1S/C34H31F3N8O9/c1-33(2)31(50)44(21-7-6-19(15-38)23(14-21)34(35,36)37)32(51)43(33)18-42-16-20(40-41-42)17-53-11-10-52-12-13-54-25-5-3-4-22-27(25)30(49)45(29(22)48)24-8-9-26(46)39-28(24)47/h3-7,14,16,24H,8-13,17-18H2,1-2H3,(H,39,46,47). The Morgan fingerprint density at radius 3 is 2.46 bits per heavy atom. The maximum atomic E-state index is 13.6. The number of halogens is 3. The van der Waals surface area contributed by atoms with Crippen LogP contribution in [0.1, 0.15) is 64.2 Å². The summed E-state index contributed by atoms with van der Waals surface area (Å²) < 4.78 is 58.8. The third-order valence-corrected chi connectivity index (χ3v) is 8.92. The second kappa shape index (κ2) is 14.7. The summed E-state index contributed by atoms with van der Waals surface area (Å²) in [4.78, 5) is 79.2. The molecule has 0 aliphatic carbocycles. The topological polar surface area (TPSA) is 206 Å². The van der Waals surface area contributed by atoms with Gasteiger partial charge in [0.1, 0.15) is 36.3 Å². The fraction of sp³-hybridized carbons (Fsp3) is 0.382. The maximum absolute atomic E-state index is 13.6. The van der Waals surface area contributed by atoms with E-state index in [1.165, 1.54) is 42.9 Å². The molecule has 0 radical (unpaired) electrons. The number of nitrogens with zero attached hydrogens (tertiary/aromatic N) is 7. The van der Waals surface area contributed by atoms with Gasteiger partial charge >= 0.3 is 12.2 Å². The molecule has 0 spiro atoms. The van der Waals surface area contributed by atoms with Gasteiger partial charge in [-0.1, -0.05) is 11.3 Å². The number of imide groups is 3. The van der Waals surface area contributed by atoms with Gasteiger partial charge in [0.2, 0.25) is 11.8 Å².